The molecule has 0 saturated carbocycles. The fraction of sp³-hybridized carbons (Fsp3) is 0.562. The molecule has 1 aliphatic heterocycles. The molecule has 1 aliphatic rings. The van der Waals surface area contributed by atoms with E-state index in [1.54, 1.807) is 7.11 Å². The van der Waals surface area contributed by atoms with Crippen LogP contribution in [0.1, 0.15) is 25.8 Å². The van der Waals surface area contributed by atoms with Gasteiger partial charge in [0.05, 0.1) is 12.5 Å². The number of nitrogens with one attached hydrogen (secondary N) is 2. The zero-order valence-electron chi connectivity index (χ0n) is 12.5. The van der Waals surface area contributed by atoms with Crippen molar-refractivity contribution >= 4 is 5.91 Å². The summed E-state index contributed by atoms with van der Waals surface area (Å²) in [6, 6.07) is 7.78. The van der Waals surface area contributed by atoms with Crippen LogP contribution in [0.3, 0.4) is 0 Å². The molecule has 1 atom stereocenters. The van der Waals surface area contributed by atoms with E-state index >= 15 is 0 Å². The fourth-order valence-electron chi connectivity index (χ4n) is 2.86. The molecule has 20 heavy (non-hydrogen) atoms. The summed E-state index contributed by atoms with van der Waals surface area (Å²) >= 11 is 0. The Bertz CT molecular complexity index is 465. The van der Waals surface area contributed by atoms with E-state index in [0.29, 0.717) is 12.5 Å². The Hall–Kier alpha value is -1.55. The standard InChI is InChI=1S/C16H24N2O2/c1-12(2)16(8-9-17-11-16)15(19)18-10-13-6-4-5-7-14(13)20-3/h4-7,12,17H,8-11H2,1-3H3,(H,18,19). The first-order chi connectivity index (χ1) is 9.60. The van der Waals surface area contributed by atoms with Gasteiger partial charge in [0.2, 0.25) is 5.91 Å². The predicted octanol–water partition coefficient (Wildman–Crippen LogP) is 1.95. The number of amides is 1. The molecule has 1 saturated heterocycles. The van der Waals surface area contributed by atoms with E-state index in [1.807, 2.05) is 24.3 Å². The summed E-state index contributed by atoms with van der Waals surface area (Å²) in [6.07, 6.45) is 0.905. The Kier molecular flexibility index (Phi) is 4.65. The summed E-state index contributed by atoms with van der Waals surface area (Å²) < 4.78 is 5.31. The van der Waals surface area contributed by atoms with Crippen LogP contribution in [0, 0.1) is 11.3 Å². The Morgan fingerprint density at radius 2 is 2.20 bits per heavy atom. The Morgan fingerprint density at radius 3 is 2.80 bits per heavy atom. The van der Waals surface area contributed by atoms with Crippen LogP contribution in [0.15, 0.2) is 24.3 Å². The van der Waals surface area contributed by atoms with E-state index in [4.69, 9.17) is 4.74 Å². The van der Waals surface area contributed by atoms with Crippen LogP contribution in [-0.4, -0.2) is 26.1 Å². The summed E-state index contributed by atoms with van der Waals surface area (Å²) in [5.41, 5.74) is 0.732. The second-order valence-corrected chi connectivity index (χ2v) is 5.73. The first-order valence-electron chi connectivity index (χ1n) is 7.21. The molecule has 2 N–H and O–H groups in total. The molecule has 1 unspecified atom stereocenters. The van der Waals surface area contributed by atoms with Crippen LogP contribution in [0.2, 0.25) is 0 Å². The zero-order chi connectivity index (χ0) is 14.6. The van der Waals surface area contributed by atoms with Crippen LogP contribution in [0.25, 0.3) is 0 Å². The maximum Gasteiger partial charge on any atom is 0.228 e. The van der Waals surface area contributed by atoms with Crippen LogP contribution in [0.4, 0.5) is 0 Å². The molecule has 1 aromatic carbocycles. The maximum absolute atomic E-state index is 12.6. The van der Waals surface area contributed by atoms with Crippen LogP contribution in [0.5, 0.6) is 5.75 Å². The lowest BCUT2D eigenvalue weighted by molar-refractivity contribution is -0.132. The number of methoxy groups -OCH3 is 1. The molecule has 110 valence electrons. The molecule has 0 bridgehead atoms. The van der Waals surface area contributed by atoms with Crippen molar-refractivity contribution in [1.82, 2.24) is 10.6 Å². The van der Waals surface area contributed by atoms with E-state index in [-0.39, 0.29) is 11.3 Å². The zero-order valence-corrected chi connectivity index (χ0v) is 12.5. The molecular weight excluding hydrogens is 252 g/mol. The lowest BCUT2D eigenvalue weighted by Crippen LogP contribution is -2.45. The average molecular weight is 276 g/mol. The molecule has 0 aliphatic carbocycles. The minimum Gasteiger partial charge on any atom is -0.496 e. The third-order valence-corrected chi connectivity index (χ3v) is 4.38. The fourth-order valence-corrected chi connectivity index (χ4v) is 2.86. The van der Waals surface area contributed by atoms with Crippen molar-refractivity contribution in [3.05, 3.63) is 29.8 Å². The predicted molar refractivity (Wildman–Crippen MR) is 79.6 cm³/mol. The molecule has 1 aromatic rings. The normalized spacial score (nSPS) is 22.0. The van der Waals surface area contributed by atoms with Gasteiger partial charge in [-0.2, -0.15) is 0 Å². The van der Waals surface area contributed by atoms with Gasteiger partial charge in [-0.3, -0.25) is 4.79 Å². The quantitative estimate of drug-likeness (QED) is 0.864. The third kappa shape index (κ3) is 2.80. The second-order valence-electron chi connectivity index (χ2n) is 5.73. The van der Waals surface area contributed by atoms with E-state index in [1.165, 1.54) is 0 Å². The largest absolute Gasteiger partial charge is 0.496 e. The minimum atomic E-state index is -0.276. The van der Waals surface area contributed by atoms with Gasteiger partial charge in [0.25, 0.3) is 0 Å². The van der Waals surface area contributed by atoms with Gasteiger partial charge in [-0.1, -0.05) is 32.0 Å². The van der Waals surface area contributed by atoms with Crippen molar-refractivity contribution in [1.29, 1.82) is 0 Å². The molecule has 1 fully saturated rings. The van der Waals surface area contributed by atoms with Crippen LogP contribution < -0.4 is 15.4 Å². The van der Waals surface area contributed by atoms with Gasteiger partial charge in [0, 0.05) is 18.7 Å². The number of hydrogen-bond donors (Lipinski definition) is 2. The van der Waals surface area contributed by atoms with Crippen LogP contribution >= 0.6 is 0 Å². The SMILES string of the molecule is COc1ccccc1CNC(=O)C1(C(C)C)CCNC1. The van der Waals surface area contributed by atoms with Gasteiger partial charge in [-0.15, -0.1) is 0 Å². The van der Waals surface area contributed by atoms with E-state index in [9.17, 15) is 4.79 Å². The molecule has 4 heteroatoms. The molecule has 1 amide bonds. The van der Waals surface area contributed by atoms with Crippen molar-refractivity contribution in [3.63, 3.8) is 0 Å². The van der Waals surface area contributed by atoms with E-state index in [2.05, 4.69) is 24.5 Å². The topological polar surface area (TPSA) is 50.4 Å². The lowest BCUT2D eigenvalue weighted by atomic mass is 9.75. The van der Waals surface area contributed by atoms with Crippen molar-refractivity contribution in [2.24, 2.45) is 11.3 Å². The van der Waals surface area contributed by atoms with Gasteiger partial charge < -0.3 is 15.4 Å². The van der Waals surface area contributed by atoms with Crippen molar-refractivity contribution in [2.75, 3.05) is 20.2 Å². The van der Waals surface area contributed by atoms with E-state index < -0.39 is 0 Å². The maximum atomic E-state index is 12.6. The highest BCUT2D eigenvalue weighted by molar-refractivity contribution is 5.83. The highest BCUT2D eigenvalue weighted by Gasteiger charge is 2.43. The molecule has 2 rings (SSSR count). The average Bonchev–Trinajstić information content (AvgIpc) is 2.96. The second kappa shape index (κ2) is 6.27. The van der Waals surface area contributed by atoms with Crippen molar-refractivity contribution in [2.45, 2.75) is 26.8 Å². The molecule has 0 aromatic heterocycles. The molecule has 1 heterocycles. The summed E-state index contributed by atoms with van der Waals surface area (Å²) in [7, 11) is 1.65. The smallest absolute Gasteiger partial charge is 0.228 e. The molecule has 0 radical (unpaired) electrons. The first kappa shape index (κ1) is 14.9. The highest BCUT2D eigenvalue weighted by atomic mass is 16.5. The molecule has 0 spiro atoms. The van der Waals surface area contributed by atoms with Gasteiger partial charge in [0.1, 0.15) is 5.75 Å². The number of para-hydroxylation sites is 1. The molecular formula is C16H24N2O2. The first-order valence-corrected chi connectivity index (χ1v) is 7.21. The highest BCUT2D eigenvalue weighted by Crippen LogP contribution is 2.34. The Balaban J connectivity index is 2.04. The number of carbonyl (C=O) groups excluding carboxylic acids is 1. The summed E-state index contributed by atoms with van der Waals surface area (Å²) in [5, 5.41) is 6.39. The Morgan fingerprint density at radius 1 is 1.45 bits per heavy atom. The number of rotatable bonds is 5. The third-order valence-electron chi connectivity index (χ3n) is 4.38. The summed E-state index contributed by atoms with van der Waals surface area (Å²) in [5.74, 6) is 1.29. The number of hydrogen-bond acceptors (Lipinski definition) is 3. The lowest BCUT2D eigenvalue weighted by Gasteiger charge is -2.31. The summed E-state index contributed by atoms with van der Waals surface area (Å²) in [4.78, 5) is 12.6. The minimum absolute atomic E-state index is 0.142. The number of benzene rings is 1. The number of carbonyl (C=O) groups is 1. The Labute approximate surface area is 120 Å². The summed E-state index contributed by atoms with van der Waals surface area (Å²) in [6.45, 7) is 6.44. The van der Waals surface area contributed by atoms with Crippen molar-refractivity contribution in [3.8, 4) is 5.75 Å². The van der Waals surface area contributed by atoms with Gasteiger partial charge >= 0.3 is 0 Å². The van der Waals surface area contributed by atoms with Crippen LogP contribution in [-0.2, 0) is 11.3 Å². The van der Waals surface area contributed by atoms with Gasteiger partial charge in [0.15, 0.2) is 0 Å². The van der Waals surface area contributed by atoms with Gasteiger partial charge in [-0.05, 0) is 24.9 Å². The monoisotopic (exact) mass is 276 g/mol. The van der Waals surface area contributed by atoms with Gasteiger partial charge in [-0.25, -0.2) is 0 Å². The van der Waals surface area contributed by atoms with Crippen molar-refractivity contribution < 1.29 is 9.53 Å². The number of ether oxygens (including phenoxy) is 1. The van der Waals surface area contributed by atoms with E-state index in [0.717, 1.165) is 30.8 Å². The molecule has 4 nitrogen and oxygen atoms in total.